The van der Waals surface area contributed by atoms with Crippen LogP contribution in [0.5, 0.6) is 0 Å². The molecule has 0 aliphatic heterocycles. The molecule has 0 unspecified atom stereocenters. The molecule has 0 heterocycles. The van der Waals surface area contributed by atoms with E-state index in [1.54, 1.807) is 0 Å². The van der Waals surface area contributed by atoms with Crippen LogP contribution in [0.15, 0.2) is 53.6 Å². The molecule has 136 valence electrons. The molecule has 1 heteroatoms. The summed E-state index contributed by atoms with van der Waals surface area (Å²) < 4.78 is 0. The summed E-state index contributed by atoms with van der Waals surface area (Å²) in [5.74, 6) is 0. The molecule has 0 radical (unpaired) electrons. The highest BCUT2D eigenvalue weighted by Crippen LogP contribution is 2.08. The van der Waals surface area contributed by atoms with Gasteiger partial charge in [-0.1, -0.05) is 74.8 Å². The zero-order valence-corrected chi connectivity index (χ0v) is 16.1. The maximum absolute atomic E-state index is 3.97. The number of hydrogen-bond acceptors (Lipinski definition) is 1. The number of hydrogen-bond donors (Lipinski definition) is 0. The lowest BCUT2D eigenvalue weighted by Crippen LogP contribution is -1.78. The summed E-state index contributed by atoms with van der Waals surface area (Å²) in [6, 6.07) is 0. The summed E-state index contributed by atoms with van der Waals surface area (Å²) in [5.41, 5.74) is 0. The zero-order valence-electron chi connectivity index (χ0n) is 16.1. The SMILES string of the molecule is CC/C=C\CCCCCCC/C=C\C/C=C\C/C=C\CC/C=N/C. The van der Waals surface area contributed by atoms with E-state index in [0.29, 0.717) is 0 Å². The number of rotatable bonds is 16. The van der Waals surface area contributed by atoms with E-state index < -0.39 is 0 Å². The van der Waals surface area contributed by atoms with E-state index in [2.05, 4.69) is 60.5 Å². The first kappa shape index (κ1) is 22.6. The van der Waals surface area contributed by atoms with Gasteiger partial charge < -0.3 is 4.99 Å². The minimum atomic E-state index is 1.05. The van der Waals surface area contributed by atoms with Crippen LogP contribution in [0, 0.1) is 0 Å². The fourth-order valence-electron chi connectivity index (χ4n) is 2.42. The van der Waals surface area contributed by atoms with Crippen molar-refractivity contribution in [2.45, 2.75) is 84.0 Å². The first-order chi connectivity index (χ1) is 11.9. The van der Waals surface area contributed by atoms with Crippen molar-refractivity contribution < 1.29 is 0 Å². The van der Waals surface area contributed by atoms with Crippen molar-refractivity contribution in [2.75, 3.05) is 7.05 Å². The normalized spacial score (nSPS) is 12.9. The lowest BCUT2D eigenvalue weighted by molar-refractivity contribution is 0.621. The Morgan fingerprint density at radius 2 is 1.04 bits per heavy atom. The molecule has 0 atom stereocenters. The highest BCUT2D eigenvalue weighted by molar-refractivity contribution is 5.56. The molecule has 0 amide bonds. The number of allylic oxidation sites excluding steroid dienone is 8. The van der Waals surface area contributed by atoms with Crippen LogP contribution in [0.1, 0.15) is 84.0 Å². The summed E-state index contributed by atoms with van der Waals surface area (Å²) in [4.78, 5) is 3.97. The molecular weight excluding hydrogens is 290 g/mol. The van der Waals surface area contributed by atoms with Crippen LogP contribution in [0.4, 0.5) is 0 Å². The summed E-state index contributed by atoms with van der Waals surface area (Å²) in [6.45, 7) is 2.20. The largest absolute Gasteiger partial charge is 0.301 e. The predicted octanol–water partition coefficient (Wildman–Crippen LogP) is 7.61. The van der Waals surface area contributed by atoms with E-state index in [0.717, 1.165) is 25.7 Å². The second kappa shape index (κ2) is 21.6. The van der Waals surface area contributed by atoms with Crippen LogP contribution in [0.3, 0.4) is 0 Å². The van der Waals surface area contributed by atoms with Crippen molar-refractivity contribution >= 4 is 6.21 Å². The van der Waals surface area contributed by atoms with Crippen molar-refractivity contribution in [3.63, 3.8) is 0 Å². The third kappa shape index (κ3) is 20.6. The van der Waals surface area contributed by atoms with Gasteiger partial charge in [0.15, 0.2) is 0 Å². The van der Waals surface area contributed by atoms with Gasteiger partial charge in [-0.05, 0) is 64.0 Å². The molecule has 0 N–H and O–H groups in total. The zero-order chi connectivity index (χ0) is 17.6. The smallest absolute Gasteiger partial charge is 0.0273 e. The van der Waals surface area contributed by atoms with Crippen LogP contribution < -0.4 is 0 Å². The summed E-state index contributed by atoms with van der Waals surface area (Å²) in [6.07, 6.45) is 35.0. The molecule has 0 bridgehead atoms. The number of unbranched alkanes of at least 4 members (excludes halogenated alkanes) is 7. The van der Waals surface area contributed by atoms with E-state index in [4.69, 9.17) is 0 Å². The van der Waals surface area contributed by atoms with Gasteiger partial charge in [-0.3, -0.25) is 0 Å². The van der Waals surface area contributed by atoms with Gasteiger partial charge in [0, 0.05) is 7.05 Å². The Morgan fingerprint density at radius 1 is 0.542 bits per heavy atom. The van der Waals surface area contributed by atoms with Crippen molar-refractivity contribution in [2.24, 2.45) is 4.99 Å². The molecule has 0 saturated carbocycles. The minimum absolute atomic E-state index is 1.05. The molecule has 0 aromatic carbocycles. The van der Waals surface area contributed by atoms with Crippen molar-refractivity contribution in [3.8, 4) is 0 Å². The Balaban J connectivity index is 3.28. The van der Waals surface area contributed by atoms with E-state index in [-0.39, 0.29) is 0 Å². The van der Waals surface area contributed by atoms with Gasteiger partial charge in [0.25, 0.3) is 0 Å². The summed E-state index contributed by atoms with van der Waals surface area (Å²) in [7, 11) is 1.83. The molecule has 0 fully saturated rings. The van der Waals surface area contributed by atoms with Gasteiger partial charge in [-0.25, -0.2) is 0 Å². The summed E-state index contributed by atoms with van der Waals surface area (Å²) in [5, 5.41) is 0. The fraction of sp³-hybridized carbons (Fsp3) is 0.609. The Morgan fingerprint density at radius 3 is 1.62 bits per heavy atom. The molecule has 0 spiro atoms. The second-order valence-corrected chi connectivity index (χ2v) is 6.13. The lowest BCUT2D eigenvalue weighted by Gasteiger charge is -1.98. The molecule has 0 aliphatic carbocycles. The Labute approximate surface area is 151 Å². The molecule has 24 heavy (non-hydrogen) atoms. The second-order valence-electron chi connectivity index (χ2n) is 6.13. The summed E-state index contributed by atoms with van der Waals surface area (Å²) >= 11 is 0. The molecule has 0 aromatic heterocycles. The molecule has 1 nitrogen and oxygen atoms in total. The topological polar surface area (TPSA) is 12.4 Å². The van der Waals surface area contributed by atoms with Crippen LogP contribution in [0.25, 0.3) is 0 Å². The van der Waals surface area contributed by atoms with Gasteiger partial charge in [0.05, 0.1) is 0 Å². The van der Waals surface area contributed by atoms with Gasteiger partial charge >= 0.3 is 0 Å². The highest BCUT2D eigenvalue weighted by Gasteiger charge is 1.88. The van der Waals surface area contributed by atoms with Crippen molar-refractivity contribution in [3.05, 3.63) is 48.6 Å². The van der Waals surface area contributed by atoms with Gasteiger partial charge in [0.1, 0.15) is 0 Å². The standard InChI is InChI=1S/C23H39N/c1-3-4-5-6-7-8-9-10-11-12-13-14-15-16-17-18-19-20-21-22-23-24-2/h4-5,13-14,16-17,19-20,23H,3,6-12,15,18,21-22H2,1-2H3/b5-4-,14-13-,17-16-,20-19-,24-23+. The van der Waals surface area contributed by atoms with E-state index in [1.165, 1.54) is 51.4 Å². The van der Waals surface area contributed by atoms with Gasteiger partial charge in [-0.2, -0.15) is 0 Å². The third-order valence-corrected chi connectivity index (χ3v) is 3.83. The Kier molecular flexibility index (Phi) is 20.4. The first-order valence-corrected chi connectivity index (χ1v) is 9.92. The molecule has 0 rings (SSSR count). The van der Waals surface area contributed by atoms with Crippen LogP contribution in [-0.4, -0.2) is 13.3 Å². The maximum atomic E-state index is 3.97. The Bertz CT molecular complexity index is 371. The van der Waals surface area contributed by atoms with Crippen LogP contribution >= 0.6 is 0 Å². The fourth-order valence-corrected chi connectivity index (χ4v) is 2.42. The molecule has 0 aromatic rings. The predicted molar refractivity (Wildman–Crippen MR) is 112 cm³/mol. The molecule has 0 saturated heterocycles. The van der Waals surface area contributed by atoms with Gasteiger partial charge in [0.2, 0.25) is 0 Å². The first-order valence-electron chi connectivity index (χ1n) is 9.92. The van der Waals surface area contributed by atoms with Crippen molar-refractivity contribution in [1.29, 1.82) is 0 Å². The lowest BCUT2D eigenvalue weighted by atomic mass is 10.1. The highest BCUT2D eigenvalue weighted by atomic mass is 14.6. The number of aliphatic imine (C=N–C) groups is 1. The number of nitrogens with zero attached hydrogens (tertiary/aromatic N) is 1. The average Bonchev–Trinajstić information content (AvgIpc) is 2.60. The quantitative estimate of drug-likeness (QED) is 0.157. The minimum Gasteiger partial charge on any atom is -0.301 e. The average molecular weight is 330 g/mol. The van der Waals surface area contributed by atoms with Crippen LogP contribution in [0.2, 0.25) is 0 Å². The van der Waals surface area contributed by atoms with E-state index in [9.17, 15) is 0 Å². The third-order valence-electron chi connectivity index (χ3n) is 3.83. The van der Waals surface area contributed by atoms with Crippen molar-refractivity contribution in [1.82, 2.24) is 0 Å². The van der Waals surface area contributed by atoms with E-state index >= 15 is 0 Å². The van der Waals surface area contributed by atoms with Gasteiger partial charge in [-0.15, -0.1) is 0 Å². The van der Waals surface area contributed by atoms with Crippen LogP contribution in [-0.2, 0) is 0 Å². The Hall–Kier alpha value is -1.37. The van der Waals surface area contributed by atoms with E-state index in [1.807, 2.05) is 13.3 Å². The molecular formula is C23H39N. The molecule has 0 aliphatic rings. The monoisotopic (exact) mass is 329 g/mol. The maximum Gasteiger partial charge on any atom is 0.0273 e.